The van der Waals surface area contributed by atoms with Gasteiger partial charge in [-0.05, 0) is 90.7 Å². The van der Waals surface area contributed by atoms with Crippen LogP contribution >= 0.6 is 27.7 Å². The van der Waals surface area contributed by atoms with Crippen molar-refractivity contribution in [2.45, 2.75) is 37.0 Å². The molecule has 0 unspecified atom stereocenters. The number of hydrogen-bond donors (Lipinski definition) is 1. The number of halogens is 1. The summed E-state index contributed by atoms with van der Waals surface area (Å²) >= 11 is 4.94. The topological polar surface area (TPSA) is 61.9 Å². The molecule has 2 aromatic rings. The molecule has 0 spiro atoms. The third-order valence-electron chi connectivity index (χ3n) is 6.28. The van der Waals surface area contributed by atoms with Crippen molar-refractivity contribution in [1.82, 2.24) is 10.2 Å². The number of ether oxygens (including phenoxy) is 1. The Kier molecular flexibility index (Phi) is 9.29. The fraction of sp³-hybridized carbons (Fsp3) is 0.407. The Labute approximate surface area is 220 Å². The van der Waals surface area contributed by atoms with E-state index in [-0.39, 0.29) is 18.4 Å². The molecule has 2 aliphatic rings. The van der Waals surface area contributed by atoms with Gasteiger partial charge in [-0.25, -0.2) is 0 Å². The van der Waals surface area contributed by atoms with E-state index in [4.69, 9.17) is 4.74 Å². The summed E-state index contributed by atoms with van der Waals surface area (Å²) in [6.45, 7) is 3.95. The van der Waals surface area contributed by atoms with Crippen molar-refractivity contribution in [2.24, 2.45) is 0 Å². The van der Waals surface area contributed by atoms with E-state index < -0.39 is 0 Å². The molecule has 0 aromatic heterocycles. The van der Waals surface area contributed by atoms with E-state index in [1.54, 1.807) is 12.0 Å². The second-order valence-electron chi connectivity index (χ2n) is 8.82. The summed E-state index contributed by atoms with van der Waals surface area (Å²) in [5, 5.41) is 3.02. The molecule has 0 bridgehead atoms. The minimum absolute atomic E-state index is 0.00374. The van der Waals surface area contributed by atoms with Gasteiger partial charge in [0, 0.05) is 11.4 Å². The van der Waals surface area contributed by atoms with Gasteiger partial charge in [0.2, 0.25) is 5.91 Å². The van der Waals surface area contributed by atoms with Crippen LogP contribution in [0.15, 0.2) is 56.7 Å². The van der Waals surface area contributed by atoms with Crippen LogP contribution < -0.4 is 15.0 Å². The second-order valence-corrected chi connectivity index (χ2v) is 10.8. The Morgan fingerprint density at radius 1 is 1.14 bits per heavy atom. The summed E-state index contributed by atoms with van der Waals surface area (Å²) < 4.78 is 6.12. The first kappa shape index (κ1) is 25.8. The third kappa shape index (κ3) is 6.90. The molecule has 8 heteroatoms. The molecule has 1 fully saturated rings. The van der Waals surface area contributed by atoms with Crippen LogP contribution in [0.4, 0.5) is 5.69 Å². The number of nitrogens with one attached hydrogen (secondary N) is 1. The molecular weight excluding hydrogens is 526 g/mol. The first-order valence-electron chi connectivity index (χ1n) is 12.2. The maximum absolute atomic E-state index is 13.4. The van der Waals surface area contributed by atoms with Gasteiger partial charge in [0.05, 0.1) is 22.2 Å². The predicted molar refractivity (Wildman–Crippen MR) is 146 cm³/mol. The fourth-order valence-electron chi connectivity index (χ4n) is 4.43. The number of anilines is 1. The van der Waals surface area contributed by atoms with Gasteiger partial charge >= 0.3 is 0 Å². The highest BCUT2D eigenvalue weighted by atomic mass is 79.9. The minimum Gasteiger partial charge on any atom is -0.496 e. The van der Waals surface area contributed by atoms with Crippen molar-refractivity contribution in [2.75, 3.05) is 44.7 Å². The molecule has 1 saturated heterocycles. The summed E-state index contributed by atoms with van der Waals surface area (Å²) in [6, 6.07) is 13.4. The zero-order valence-corrected chi connectivity index (χ0v) is 22.5. The van der Waals surface area contributed by atoms with Crippen molar-refractivity contribution in [3.8, 4) is 5.75 Å². The monoisotopic (exact) mass is 557 g/mol. The molecular formula is C27H32BrN3O3S. The summed E-state index contributed by atoms with van der Waals surface area (Å²) in [7, 11) is 1.62. The standard InChI is InChI=1S/C27H32BrN3O3S/c1-34-23-12-11-20(17-21(23)28)18-25-27(33)31(22-9-4-5-10-24(22)35-25)19-26(32)29-13-8-16-30-14-6-2-3-7-15-30/h4-5,9-12,17-18H,2-3,6-8,13-16,19H2,1H3,(H,29,32). The number of carbonyl (C=O) groups is 2. The van der Waals surface area contributed by atoms with E-state index in [9.17, 15) is 9.59 Å². The van der Waals surface area contributed by atoms with Gasteiger partial charge in [-0.1, -0.05) is 42.8 Å². The lowest BCUT2D eigenvalue weighted by Crippen LogP contribution is -2.43. The lowest BCUT2D eigenvalue weighted by Gasteiger charge is -2.30. The summed E-state index contributed by atoms with van der Waals surface area (Å²) in [5.41, 5.74) is 1.65. The number of likely N-dealkylation sites (tertiary alicyclic amines) is 1. The van der Waals surface area contributed by atoms with Crippen LogP contribution in [-0.2, 0) is 9.59 Å². The largest absolute Gasteiger partial charge is 0.496 e. The second kappa shape index (κ2) is 12.6. The van der Waals surface area contributed by atoms with Crippen molar-refractivity contribution < 1.29 is 14.3 Å². The van der Waals surface area contributed by atoms with Gasteiger partial charge in [-0.2, -0.15) is 0 Å². The SMILES string of the molecule is COc1ccc(C=C2Sc3ccccc3N(CC(=O)NCCCN3CCCCCC3)C2=O)cc1Br. The van der Waals surface area contributed by atoms with Crippen LogP contribution in [0, 0.1) is 0 Å². The quantitative estimate of drug-likeness (QED) is 0.351. The van der Waals surface area contributed by atoms with Crippen LogP contribution in [-0.4, -0.2) is 56.5 Å². The molecule has 0 saturated carbocycles. The summed E-state index contributed by atoms with van der Waals surface area (Å²) in [6.07, 6.45) is 7.96. The molecule has 6 nitrogen and oxygen atoms in total. The zero-order chi connectivity index (χ0) is 24.6. The van der Waals surface area contributed by atoms with Crippen LogP contribution in [0.5, 0.6) is 5.75 Å². The van der Waals surface area contributed by atoms with E-state index in [1.807, 2.05) is 48.5 Å². The number of amides is 2. The number of benzene rings is 2. The minimum atomic E-state index is -0.166. The van der Waals surface area contributed by atoms with Crippen molar-refractivity contribution in [3.63, 3.8) is 0 Å². The molecule has 1 N–H and O–H groups in total. The number of hydrogen-bond acceptors (Lipinski definition) is 5. The van der Waals surface area contributed by atoms with Crippen LogP contribution in [0.25, 0.3) is 6.08 Å². The molecule has 186 valence electrons. The zero-order valence-electron chi connectivity index (χ0n) is 20.1. The van der Waals surface area contributed by atoms with Gasteiger partial charge in [0.1, 0.15) is 12.3 Å². The molecule has 2 aromatic carbocycles. The Morgan fingerprint density at radius 3 is 2.66 bits per heavy atom. The van der Waals surface area contributed by atoms with E-state index in [1.165, 1.54) is 37.4 Å². The van der Waals surface area contributed by atoms with Crippen molar-refractivity contribution >= 4 is 51.3 Å². The molecule has 0 radical (unpaired) electrons. The molecule has 35 heavy (non-hydrogen) atoms. The number of nitrogens with zero attached hydrogens (tertiary/aromatic N) is 2. The highest BCUT2D eigenvalue weighted by molar-refractivity contribution is 9.10. The molecule has 2 heterocycles. The smallest absolute Gasteiger partial charge is 0.265 e. The summed E-state index contributed by atoms with van der Waals surface area (Å²) in [5.74, 6) is 0.428. The van der Waals surface area contributed by atoms with Crippen molar-refractivity contribution in [3.05, 3.63) is 57.4 Å². The van der Waals surface area contributed by atoms with Gasteiger partial charge in [-0.15, -0.1) is 0 Å². The van der Waals surface area contributed by atoms with Gasteiger partial charge < -0.3 is 15.0 Å². The highest BCUT2D eigenvalue weighted by Gasteiger charge is 2.30. The lowest BCUT2D eigenvalue weighted by molar-refractivity contribution is -0.122. The molecule has 4 rings (SSSR count). The average Bonchev–Trinajstić information content (AvgIpc) is 3.13. The van der Waals surface area contributed by atoms with E-state index in [2.05, 4.69) is 26.1 Å². The van der Waals surface area contributed by atoms with Crippen molar-refractivity contribution in [1.29, 1.82) is 0 Å². The molecule has 0 atom stereocenters. The van der Waals surface area contributed by atoms with Gasteiger partial charge in [-0.3, -0.25) is 14.5 Å². The van der Waals surface area contributed by atoms with Crippen LogP contribution in [0.2, 0.25) is 0 Å². The predicted octanol–water partition coefficient (Wildman–Crippen LogP) is 5.32. The summed E-state index contributed by atoms with van der Waals surface area (Å²) in [4.78, 5) is 31.8. The molecule has 0 aliphatic carbocycles. The number of fused-ring (bicyclic) bond motifs is 1. The number of carbonyl (C=O) groups excluding carboxylic acids is 2. The third-order valence-corrected chi connectivity index (χ3v) is 7.98. The van der Waals surface area contributed by atoms with E-state index in [0.717, 1.165) is 52.4 Å². The van der Waals surface area contributed by atoms with Crippen LogP contribution in [0.3, 0.4) is 0 Å². The first-order chi connectivity index (χ1) is 17.0. The lowest BCUT2D eigenvalue weighted by atomic mass is 10.2. The Morgan fingerprint density at radius 2 is 1.91 bits per heavy atom. The Balaban J connectivity index is 1.41. The Bertz CT molecular complexity index is 1080. The van der Waals surface area contributed by atoms with Gasteiger partial charge in [0.15, 0.2) is 0 Å². The highest BCUT2D eigenvalue weighted by Crippen LogP contribution is 2.42. The van der Waals surface area contributed by atoms with E-state index in [0.29, 0.717) is 11.4 Å². The maximum Gasteiger partial charge on any atom is 0.265 e. The fourth-order valence-corrected chi connectivity index (χ4v) is 6.05. The van der Waals surface area contributed by atoms with Gasteiger partial charge in [0.25, 0.3) is 5.91 Å². The normalized spacial score (nSPS) is 17.7. The number of rotatable bonds is 8. The average molecular weight is 559 g/mol. The van der Waals surface area contributed by atoms with Crippen LogP contribution in [0.1, 0.15) is 37.7 Å². The van der Waals surface area contributed by atoms with E-state index >= 15 is 0 Å². The maximum atomic E-state index is 13.4. The molecule has 2 amide bonds. The number of methoxy groups -OCH3 is 1. The first-order valence-corrected chi connectivity index (χ1v) is 13.8. The molecule has 2 aliphatic heterocycles. The number of thioether (sulfide) groups is 1. The Hall–Kier alpha value is -2.29. The number of para-hydroxylation sites is 1.